The first-order valence-corrected chi connectivity index (χ1v) is 9.19. The van der Waals surface area contributed by atoms with Gasteiger partial charge in [-0.1, -0.05) is 30.3 Å². The molecule has 0 amide bonds. The van der Waals surface area contributed by atoms with Gasteiger partial charge >= 0.3 is 0 Å². The van der Waals surface area contributed by atoms with E-state index < -0.39 is 0 Å². The summed E-state index contributed by atoms with van der Waals surface area (Å²) in [7, 11) is 0. The maximum atomic E-state index is 4.47. The summed E-state index contributed by atoms with van der Waals surface area (Å²) in [6.07, 6.45) is 3.73. The van der Waals surface area contributed by atoms with Gasteiger partial charge in [0.2, 0.25) is 0 Å². The second-order valence-electron chi connectivity index (χ2n) is 5.45. The van der Waals surface area contributed by atoms with E-state index in [0.717, 1.165) is 36.8 Å². The van der Waals surface area contributed by atoms with Crippen molar-refractivity contribution in [1.29, 1.82) is 0 Å². The minimum atomic E-state index is 0.826. The number of thiazole rings is 2. The SMILES string of the molecule is c1ccc(CN2CN(c3nccs3)CN(c3nccs3)C2)cc1. The van der Waals surface area contributed by atoms with Crippen LogP contribution in [-0.4, -0.2) is 34.9 Å². The average Bonchev–Trinajstić information content (AvgIpc) is 3.29. The first-order chi connectivity index (χ1) is 11.4. The molecule has 7 heteroatoms. The minimum Gasteiger partial charge on any atom is -0.317 e. The minimum absolute atomic E-state index is 0.826. The van der Waals surface area contributed by atoms with E-state index in [1.54, 1.807) is 22.7 Å². The number of hydrogen-bond donors (Lipinski definition) is 0. The van der Waals surface area contributed by atoms with Crippen LogP contribution in [0.5, 0.6) is 0 Å². The molecule has 4 rings (SSSR count). The Morgan fingerprint density at radius 1 is 0.826 bits per heavy atom. The molecule has 3 heterocycles. The van der Waals surface area contributed by atoms with Crippen LogP contribution in [0.1, 0.15) is 5.56 Å². The summed E-state index contributed by atoms with van der Waals surface area (Å²) in [5, 5.41) is 6.17. The van der Waals surface area contributed by atoms with Crippen molar-refractivity contribution >= 4 is 32.9 Å². The van der Waals surface area contributed by atoms with E-state index in [-0.39, 0.29) is 0 Å². The molecule has 0 spiro atoms. The van der Waals surface area contributed by atoms with Gasteiger partial charge in [0.1, 0.15) is 0 Å². The van der Waals surface area contributed by atoms with Gasteiger partial charge < -0.3 is 9.80 Å². The Bertz CT molecular complexity index is 672. The molecule has 2 aromatic heterocycles. The summed E-state index contributed by atoms with van der Waals surface area (Å²) in [5.41, 5.74) is 1.33. The van der Waals surface area contributed by atoms with Crippen molar-refractivity contribution in [2.24, 2.45) is 0 Å². The van der Waals surface area contributed by atoms with Crippen LogP contribution in [0.15, 0.2) is 53.5 Å². The summed E-state index contributed by atoms with van der Waals surface area (Å²) in [6.45, 7) is 3.51. The molecule has 5 nitrogen and oxygen atoms in total. The highest BCUT2D eigenvalue weighted by atomic mass is 32.1. The van der Waals surface area contributed by atoms with Crippen molar-refractivity contribution < 1.29 is 0 Å². The van der Waals surface area contributed by atoms with Crippen LogP contribution in [-0.2, 0) is 6.54 Å². The van der Waals surface area contributed by atoms with Crippen LogP contribution in [0.3, 0.4) is 0 Å². The van der Waals surface area contributed by atoms with Gasteiger partial charge in [-0.05, 0) is 5.56 Å². The Kier molecular flexibility index (Phi) is 4.23. The maximum Gasteiger partial charge on any atom is 0.187 e. The van der Waals surface area contributed by atoms with Crippen LogP contribution in [0, 0.1) is 0 Å². The van der Waals surface area contributed by atoms with Crippen molar-refractivity contribution in [3.05, 3.63) is 59.0 Å². The molecule has 0 atom stereocenters. The summed E-state index contributed by atoms with van der Waals surface area (Å²) < 4.78 is 0. The Balaban J connectivity index is 1.56. The predicted molar refractivity (Wildman–Crippen MR) is 95.8 cm³/mol. The third-order valence-electron chi connectivity index (χ3n) is 3.71. The molecule has 1 aliphatic rings. The number of anilines is 2. The number of aromatic nitrogens is 2. The fourth-order valence-corrected chi connectivity index (χ4v) is 4.01. The number of nitrogens with zero attached hydrogens (tertiary/aromatic N) is 5. The van der Waals surface area contributed by atoms with Gasteiger partial charge in [-0.15, -0.1) is 22.7 Å². The molecule has 1 aromatic carbocycles. The molecule has 0 saturated carbocycles. The van der Waals surface area contributed by atoms with E-state index in [0.29, 0.717) is 0 Å². The maximum absolute atomic E-state index is 4.47. The van der Waals surface area contributed by atoms with Crippen LogP contribution in [0.4, 0.5) is 10.3 Å². The van der Waals surface area contributed by atoms with Gasteiger partial charge in [-0.3, -0.25) is 4.90 Å². The van der Waals surface area contributed by atoms with Gasteiger partial charge in [0.05, 0.1) is 20.0 Å². The topological polar surface area (TPSA) is 35.5 Å². The van der Waals surface area contributed by atoms with Gasteiger partial charge in [-0.25, -0.2) is 9.97 Å². The van der Waals surface area contributed by atoms with E-state index in [1.165, 1.54) is 5.56 Å². The zero-order chi connectivity index (χ0) is 15.5. The van der Waals surface area contributed by atoms with Crippen LogP contribution >= 0.6 is 22.7 Å². The monoisotopic (exact) mass is 343 g/mol. The van der Waals surface area contributed by atoms with E-state index in [4.69, 9.17) is 0 Å². The summed E-state index contributed by atoms with van der Waals surface area (Å²) in [4.78, 5) is 16.0. The van der Waals surface area contributed by atoms with E-state index in [1.807, 2.05) is 23.2 Å². The highest BCUT2D eigenvalue weighted by Gasteiger charge is 2.26. The second-order valence-corrected chi connectivity index (χ2v) is 7.19. The largest absolute Gasteiger partial charge is 0.317 e. The van der Waals surface area contributed by atoms with E-state index in [9.17, 15) is 0 Å². The summed E-state index contributed by atoms with van der Waals surface area (Å²) >= 11 is 3.36. The van der Waals surface area contributed by atoms with Gasteiger partial charge in [-0.2, -0.15) is 0 Å². The Morgan fingerprint density at radius 3 is 1.96 bits per heavy atom. The molecule has 0 N–H and O–H groups in total. The highest BCUT2D eigenvalue weighted by Crippen LogP contribution is 2.26. The van der Waals surface area contributed by atoms with Crippen molar-refractivity contribution in [2.45, 2.75) is 6.54 Å². The quantitative estimate of drug-likeness (QED) is 0.726. The van der Waals surface area contributed by atoms with Crippen LogP contribution in [0.2, 0.25) is 0 Å². The molecule has 1 aliphatic heterocycles. The number of hydrogen-bond acceptors (Lipinski definition) is 7. The number of rotatable bonds is 4. The predicted octanol–water partition coefficient (Wildman–Crippen LogP) is 3.30. The lowest BCUT2D eigenvalue weighted by atomic mass is 10.2. The summed E-state index contributed by atoms with van der Waals surface area (Å²) in [6, 6.07) is 10.6. The molecule has 0 bridgehead atoms. The van der Waals surface area contributed by atoms with Crippen LogP contribution in [0.25, 0.3) is 0 Å². The molecular weight excluding hydrogens is 326 g/mol. The zero-order valence-corrected chi connectivity index (χ0v) is 14.2. The van der Waals surface area contributed by atoms with Crippen molar-refractivity contribution in [1.82, 2.24) is 14.9 Å². The smallest absolute Gasteiger partial charge is 0.187 e. The molecule has 1 fully saturated rings. The fraction of sp³-hybridized carbons (Fsp3) is 0.250. The second kappa shape index (κ2) is 6.66. The molecule has 118 valence electrons. The molecule has 23 heavy (non-hydrogen) atoms. The molecule has 0 unspecified atom stereocenters. The Morgan fingerprint density at radius 2 is 1.43 bits per heavy atom. The van der Waals surface area contributed by atoms with E-state index in [2.05, 4.69) is 55.0 Å². The Hall–Kier alpha value is -1.96. The molecule has 0 aliphatic carbocycles. The first-order valence-electron chi connectivity index (χ1n) is 7.43. The average molecular weight is 343 g/mol. The van der Waals surface area contributed by atoms with Crippen molar-refractivity contribution in [2.75, 3.05) is 29.8 Å². The standard InChI is InChI=1S/C16H17N5S2/c1-2-4-14(5-3-1)10-19-11-20(15-17-6-8-22-15)13-21(12-19)16-18-7-9-23-16/h1-9H,10-13H2. The van der Waals surface area contributed by atoms with E-state index >= 15 is 0 Å². The first kappa shape index (κ1) is 14.6. The van der Waals surface area contributed by atoms with Gasteiger partial charge in [0.25, 0.3) is 0 Å². The Labute approximate surface area is 143 Å². The van der Waals surface area contributed by atoms with Gasteiger partial charge in [0, 0.05) is 29.7 Å². The zero-order valence-electron chi connectivity index (χ0n) is 12.6. The number of benzene rings is 1. The third-order valence-corrected chi connectivity index (χ3v) is 5.38. The van der Waals surface area contributed by atoms with Gasteiger partial charge in [0.15, 0.2) is 10.3 Å². The molecule has 0 radical (unpaired) electrons. The van der Waals surface area contributed by atoms with Crippen molar-refractivity contribution in [3.8, 4) is 0 Å². The lowest BCUT2D eigenvalue weighted by Gasteiger charge is -2.42. The molecular formula is C16H17N5S2. The summed E-state index contributed by atoms with van der Waals surface area (Å²) in [5.74, 6) is 0. The highest BCUT2D eigenvalue weighted by molar-refractivity contribution is 7.14. The molecule has 3 aromatic rings. The molecule has 1 saturated heterocycles. The lowest BCUT2D eigenvalue weighted by Crippen LogP contribution is -2.55. The lowest BCUT2D eigenvalue weighted by molar-refractivity contribution is 0.234. The van der Waals surface area contributed by atoms with Crippen molar-refractivity contribution in [3.63, 3.8) is 0 Å². The normalized spacial score (nSPS) is 16.0. The third kappa shape index (κ3) is 3.36. The van der Waals surface area contributed by atoms with Crippen LogP contribution < -0.4 is 9.80 Å². The fourth-order valence-electron chi connectivity index (χ4n) is 2.75.